The summed E-state index contributed by atoms with van der Waals surface area (Å²) in [5, 5.41) is 1.93. The summed E-state index contributed by atoms with van der Waals surface area (Å²) in [7, 11) is -4.68. The Hall–Kier alpha value is -2.64. The first kappa shape index (κ1) is 21.1. The number of hydrogen-bond donors (Lipinski definition) is 1. The van der Waals surface area contributed by atoms with Crippen LogP contribution >= 0.6 is 11.3 Å². The maximum Gasteiger partial charge on any atom is 0.261 e. The van der Waals surface area contributed by atoms with E-state index in [0.717, 1.165) is 9.18 Å². The summed E-state index contributed by atoms with van der Waals surface area (Å²) in [6.45, 7) is 0. The molecule has 0 amide bonds. The average molecular weight is 447 g/mol. The molecule has 0 saturated heterocycles. The van der Waals surface area contributed by atoms with Gasteiger partial charge in [0.2, 0.25) is 10.0 Å². The van der Waals surface area contributed by atoms with Gasteiger partial charge in [-0.15, -0.1) is 11.3 Å². The van der Waals surface area contributed by atoms with Gasteiger partial charge in [0.1, 0.15) is 0 Å². The second-order valence-electron chi connectivity index (χ2n) is 6.17. The summed E-state index contributed by atoms with van der Waals surface area (Å²) in [4.78, 5) is 0.904. The maximum absolute atomic E-state index is 12.6. The molecular formula is C20H18N2O4S3. The van der Waals surface area contributed by atoms with Crippen molar-refractivity contribution in [3.8, 4) is 11.8 Å². The topological polar surface area (TPSA) is 83.6 Å². The minimum atomic E-state index is -3.88. The van der Waals surface area contributed by atoms with Crippen molar-refractivity contribution in [1.29, 1.82) is 0 Å². The molecule has 1 aromatic heterocycles. The van der Waals surface area contributed by atoms with Crippen LogP contribution in [0.1, 0.15) is 10.4 Å². The molecule has 0 spiro atoms. The van der Waals surface area contributed by atoms with Gasteiger partial charge in [-0.25, -0.2) is 21.1 Å². The van der Waals surface area contributed by atoms with Crippen molar-refractivity contribution in [2.75, 3.05) is 18.8 Å². The zero-order valence-corrected chi connectivity index (χ0v) is 18.1. The first-order valence-electron chi connectivity index (χ1n) is 8.39. The second kappa shape index (κ2) is 8.39. The predicted molar refractivity (Wildman–Crippen MR) is 115 cm³/mol. The van der Waals surface area contributed by atoms with E-state index in [1.807, 2.05) is 17.5 Å². The predicted octanol–water partition coefficient (Wildman–Crippen LogP) is 3.20. The standard InChI is InChI=1S/C20H18N2O4S3/c1-22(2)29(25,26)20-12-10-19(11-13-20)28(23,24)21-17-6-3-5-16(15-17)8-9-18-7-4-14-27-18/h3-7,10-15,21H,1-2H3. The Morgan fingerprint density at radius 3 is 2.17 bits per heavy atom. The molecule has 0 radical (unpaired) electrons. The minimum absolute atomic E-state index is 0.0206. The van der Waals surface area contributed by atoms with Gasteiger partial charge < -0.3 is 0 Å². The average Bonchev–Trinajstić information content (AvgIpc) is 3.20. The SMILES string of the molecule is CN(C)S(=O)(=O)c1ccc(S(=O)(=O)Nc2cccc(C#Cc3cccs3)c2)cc1. The van der Waals surface area contributed by atoms with Crippen LogP contribution in [0.3, 0.4) is 0 Å². The van der Waals surface area contributed by atoms with Gasteiger partial charge in [0, 0.05) is 19.7 Å². The highest BCUT2D eigenvalue weighted by molar-refractivity contribution is 7.92. The van der Waals surface area contributed by atoms with Crippen molar-refractivity contribution in [3.05, 3.63) is 76.5 Å². The molecular weight excluding hydrogens is 428 g/mol. The summed E-state index contributed by atoms with van der Waals surface area (Å²) >= 11 is 1.53. The van der Waals surface area contributed by atoms with Crippen LogP contribution in [0.5, 0.6) is 0 Å². The molecule has 6 nitrogen and oxygen atoms in total. The van der Waals surface area contributed by atoms with Crippen LogP contribution in [0.4, 0.5) is 5.69 Å². The summed E-state index contributed by atoms with van der Waals surface area (Å²) in [5.74, 6) is 6.02. The van der Waals surface area contributed by atoms with Gasteiger partial charge in [0.15, 0.2) is 0 Å². The van der Waals surface area contributed by atoms with Gasteiger partial charge in [-0.3, -0.25) is 4.72 Å². The molecule has 1 heterocycles. The number of anilines is 1. The first-order valence-corrected chi connectivity index (χ1v) is 12.2. The highest BCUT2D eigenvalue weighted by atomic mass is 32.2. The minimum Gasteiger partial charge on any atom is -0.280 e. The number of benzene rings is 2. The van der Waals surface area contributed by atoms with Crippen molar-refractivity contribution in [1.82, 2.24) is 4.31 Å². The third-order valence-corrected chi connectivity index (χ3v) is 7.89. The van der Waals surface area contributed by atoms with E-state index in [1.165, 1.54) is 49.7 Å². The lowest BCUT2D eigenvalue weighted by molar-refractivity contribution is 0.520. The Balaban J connectivity index is 1.82. The monoisotopic (exact) mass is 446 g/mol. The normalized spacial score (nSPS) is 11.7. The lowest BCUT2D eigenvalue weighted by Crippen LogP contribution is -2.22. The molecule has 2 aromatic carbocycles. The number of nitrogens with one attached hydrogen (secondary N) is 1. The molecule has 0 aliphatic rings. The van der Waals surface area contributed by atoms with Crippen molar-refractivity contribution in [2.45, 2.75) is 9.79 Å². The van der Waals surface area contributed by atoms with Crippen molar-refractivity contribution < 1.29 is 16.8 Å². The Morgan fingerprint density at radius 1 is 0.862 bits per heavy atom. The van der Waals surface area contributed by atoms with E-state index >= 15 is 0 Å². The van der Waals surface area contributed by atoms with Crippen LogP contribution in [0.15, 0.2) is 75.8 Å². The summed E-state index contributed by atoms with van der Waals surface area (Å²) in [6.07, 6.45) is 0. The van der Waals surface area contributed by atoms with Gasteiger partial charge in [-0.05, 0) is 53.9 Å². The maximum atomic E-state index is 12.6. The molecule has 150 valence electrons. The molecule has 3 rings (SSSR count). The largest absolute Gasteiger partial charge is 0.280 e. The van der Waals surface area contributed by atoms with Crippen molar-refractivity contribution >= 4 is 37.1 Å². The number of thiophene rings is 1. The molecule has 0 unspecified atom stereocenters. The molecule has 9 heteroatoms. The first-order chi connectivity index (χ1) is 13.7. The molecule has 29 heavy (non-hydrogen) atoms. The summed E-state index contributed by atoms with van der Waals surface area (Å²) < 4.78 is 53.1. The van der Waals surface area contributed by atoms with Crippen molar-refractivity contribution in [2.24, 2.45) is 0 Å². The number of rotatable bonds is 5. The van der Waals surface area contributed by atoms with E-state index in [1.54, 1.807) is 24.3 Å². The Morgan fingerprint density at radius 2 is 1.55 bits per heavy atom. The molecule has 0 saturated carbocycles. The fourth-order valence-corrected chi connectivity index (χ4v) is 4.88. The smallest absolute Gasteiger partial charge is 0.261 e. The van der Waals surface area contributed by atoms with Crippen molar-refractivity contribution in [3.63, 3.8) is 0 Å². The summed E-state index contributed by atoms with van der Waals surface area (Å²) in [5.41, 5.74) is 1.04. The van der Waals surface area contributed by atoms with Gasteiger partial charge in [-0.2, -0.15) is 0 Å². The molecule has 0 fully saturated rings. The molecule has 0 atom stereocenters. The fraction of sp³-hybridized carbons (Fsp3) is 0.100. The third-order valence-electron chi connectivity index (χ3n) is 3.88. The Labute approximate surface area is 174 Å². The molecule has 3 aromatic rings. The van der Waals surface area contributed by atoms with Gasteiger partial charge in [0.05, 0.1) is 20.4 Å². The van der Waals surface area contributed by atoms with Crippen LogP contribution < -0.4 is 4.72 Å². The van der Waals surface area contributed by atoms with E-state index in [9.17, 15) is 16.8 Å². The highest BCUT2D eigenvalue weighted by Gasteiger charge is 2.19. The summed E-state index contributed by atoms with van der Waals surface area (Å²) in [6, 6.07) is 15.7. The zero-order valence-electron chi connectivity index (χ0n) is 15.7. The van der Waals surface area contributed by atoms with E-state index in [0.29, 0.717) is 11.3 Å². The molecule has 0 bridgehead atoms. The molecule has 0 aliphatic heterocycles. The molecule has 0 aliphatic carbocycles. The Bertz CT molecular complexity index is 1270. The third kappa shape index (κ3) is 5.05. The molecule has 1 N–H and O–H groups in total. The fourth-order valence-electron chi connectivity index (χ4n) is 2.36. The zero-order chi connectivity index (χ0) is 21.1. The van der Waals surface area contributed by atoms with Crippen LogP contribution in [0.25, 0.3) is 0 Å². The van der Waals surface area contributed by atoms with Crippen LogP contribution in [0, 0.1) is 11.8 Å². The van der Waals surface area contributed by atoms with E-state index in [4.69, 9.17) is 0 Å². The van der Waals surface area contributed by atoms with Gasteiger partial charge in [0.25, 0.3) is 10.0 Å². The van der Waals surface area contributed by atoms with E-state index < -0.39 is 20.0 Å². The number of hydrogen-bond acceptors (Lipinski definition) is 5. The van der Waals surface area contributed by atoms with E-state index in [-0.39, 0.29) is 9.79 Å². The number of sulfonamides is 2. The van der Waals surface area contributed by atoms with Crippen LogP contribution in [-0.4, -0.2) is 35.2 Å². The lowest BCUT2D eigenvalue weighted by atomic mass is 10.2. The highest BCUT2D eigenvalue weighted by Crippen LogP contribution is 2.20. The lowest BCUT2D eigenvalue weighted by Gasteiger charge is -2.12. The second-order valence-corrected chi connectivity index (χ2v) is 11.0. The van der Waals surface area contributed by atoms with Gasteiger partial charge in [-0.1, -0.05) is 24.0 Å². The number of nitrogens with zero attached hydrogens (tertiary/aromatic N) is 1. The van der Waals surface area contributed by atoms with Crippen LogP contribution in [0.2, 0.25) is 0 Å². The van der Waals surface area contributed by atoms with Crippen LogP contribution in [-0.2, 0) is 20.0 Å². The van der Waals surface area contributed by atoms with Gasteiger partial charge >= 0.3 is 0 Å². The quantitative estimate of drug-likeness (QED) is 0.610. The van der Waals surface area contributed by atoms with E-state index in [2.05, 4.69) is 16.6 Å². The Kier molecular flexibility index (Phi) is 6.10.